The van der Waals surface area contributed by atoms with Crippen LogP contribution in [0.3, 0.4) is 0 Å². The zero-order valence-corrected chi connectivity index (χ0v) is 23.9. The van der Waals surface area contributed by atoms with Crippen molar-refractivity contribution in [3.05, 3.63) is 52.0 Å². The van der Waals surface area contributed by atoms with Crippen LogP contribution < -0.4 is 0 Å². The van der Waals surface area contributed by atoms with Gasteiger partial charge in [0, 0.05) is 12.2 Å². The van der Waals surface area contributed by atoms with Crippen LogP contribution in [0.1, 0.15) is 47.4 Å². The smallest absolute Gasteiger partial charge is 0.192 e. The summed E-state index contributed by atoms with van der Waals surface area (Å²) in [6.45, 7) is 19.8. The lowest BCUT2D eigenvalue weighted by atomic mass is 10.0. The van der Waals surface area contributed by atoms with Crippen molar-refractivity contribution in [3.63, 3.8) is 0 Å². The minimum Gasteiger partial charge on any atom is -0.410 e. The third-order valence-corrected chi connectivity index (χ3v) is 11.8. The van der Waals surface area contributed by atoms with Crippen LogP contribution in [0.2, 0.25) is 18.1 Å². The van der Waals surface area contributed by atoms with Gasteiger partial charge in [-0.05, 0) is 72.3 Å². The number of aromatic nitrogens is 2. The van der Waals surface area contributed by atoms with Crippen LogP contribution in [-0.4, -0.2) is 30.1 Å². The average molecular weight is 565 g/mol. The second-order valence-electron chi connectivity index (χ2n) is 10.5. The minimum atomic E-state index is -1.94. The van der Waals surface area contributed by atoms with Gasteiger partial charge in [-0.2, -0.15) is 0 Å². The number of hydrogen-bond donors (Lipinski definition) is 0. The maximum absolute atomic E-state index is 6.89. The summed E-state index contributed by atoms with van der Waals surface area (Å²) >= 11 is 2.37. The lowest BCUT2D eigenvalue weighted by Crippen LogP contribution is -2.49. The van der Waals surface area contributed by atoms with Gasteiger partial charge in [-0.1, -0.05) is 63.2 Å². The number of ether oxygens (including phenoxy) is 1. The molecule has 0 saturated heterocycles. The van der Waals surface area contributed by atoms with Crippen molar-refractivity contribution >= 4 is 41.7 Å². The van der Waals surface area contributed by atoms with Crippen molar-refractivity contribution in [2.45, 2.75) is 78.4 Å². The Labute approximate surface area is 208 Å². The summed E-state index contributed by atoms with van der Waals surface area (Å²) in [6, 6.07) is 15.0. The van der Waals surface area contributed by atoms with E-state index in [0.717, 1.165) is 21.8 Å². The van der Waals surface area contributed by atoms with E-state index >= 15 is 0 Å². The van der Waals surface area contributed by atoms with Gasteiger partial charge in [-0.3, -0.25) is 0 Å². The summed E-state index contributed by atoms with van der Waals surface area (Å²) in [4.78, 5) is 4.94. The summed E-state index contributed by atoms with van der Waals surface area (Å²) in [7, 11) is -1.94. The first kappa shape index (κ1) is 25.4. The molecule has 0 fully saturated rings. The highest BCUT2D eigenvalue weighted by Crippen LogP contribution is 2.40. The van der Waals surface area contributed by atoms with E-state index in [2.05, 4.69) is 117 Å². The molecule has 0 unspecified atom stereocenters. The van der Waals surface area contributed by atoms with E-state index in [-0.39, 0.29) is 10.6 Å². The first-order valence-electron chi connectivity index (χ1n) is 11.4. The number of rotatable bonds is 8. The van der Waals surface area contributed by atoms with Crippen molar-refractivity contribution in [1.29, 1.82) is 0 Å². The molecule has 174 valence electrons. The number of benzene rings is 2. The molecular weight excluding hydrogens is 527 g/mol. The van der Waals surface area contributed by atoms with Gasteiger partial charge in [-0.15, -0.1) is 0 Å². The second kappa shape index (κ2) is 9.56. The van der Waals surface area contributed by atoms with Crippen LogP contribution in [0.25, 0.3) is 22.0 Å². The first-order valence-corrected chi connectivity index (χ1v) is 15.4. The molecule has 1 heterocycles. The quantitative estimate of drug-likeness (QED) is 0.208. The maximum Gasteiger partial charge on any atom is 0.192 e. The Bertz CT molecular complexity index is 1080. The van der Waals surface area contributed by atoms with Crippen LogP contribution in [0.5, 0.6) is 0 Å². The van der Waals surface area contributed by atoms with E-state index in [0.29, 0.717) is 13.2 Å². The molecule has 0 amide bonds. The van der Waals surface area contributed by atoms with E-state index in [1.54, 1.807) is 0 Å². The SMILES string of the molecule is CCOCc1nc(I)c(-c2cccc3ccccc23)n1CC(C)(C)O[Si](C)(C)C(C)(C)C. The molecule has 0 bridgehead atoms. The first-order chi connectivity index (χ1) is 14.9. The molecule has 3 rings (SSSR count). The summed E-state index contributed by atoms with van der Waals surface area (Å²) in [6.07, 6.45) is 0. The molecular formula is C26H37IN2O2Si. The minimum absolute atomic E-state index is 0.153. The van der Waals surface area contributed by atoms with Crippen molar-refractivity contribution in [2.24, 2.45) is 0 Å². The molecule has 0 N–H and O–H groups in total. The van der Waals surface area contributed by atoms with Crippen molar-refractivity contribution in [3.8, 4) is 11.3 Å². The Morgan fingerprint density at radius 1 is 1.00 bits per heavy atom. The van der Waals surface area contributed by atoms with Crippen molar-refractivity contribution in [2.75, 3.05) is 6.61 Å². The van der Waals surface area contributed by atoms with Crippen LogP contribution in [0.4, 0.5) is 0 Å². The van der Waals surface area contributed by atoms with E-state index in [1.165, 1.54) is 16.3 Å². The summed E-state index contributed by atoms with van der Waals surface area (Å²) in [5.74, 6) is 0.950. The van der Waals surface area contributed by atoms with Crippen LogP contribution in [-0.2, 0) is 22.3 Å². The van der Waals surface area contributed by atoms with Gasteiger partial charge in [0.25, 0.3) is 0 Å². The summed E-state index contributed by atoms with van der Waals surface area (Å²) in [5, 5.41) is 2.62. The zero-order chi connectivity index (χ0) is 23.7. The van der Waals surface area contributed by atoms with Crippen molar-refractivity contribution < 1.29 is 9.16 Å². The maximum atomic E-state index is 6.89. The van der Waals surface area contributed by atoms with E-state index in [4.69, 9.17) is 14.1 Å². The Hall–Kier alpha value is -1.22. The van der Waals surface area contributed by atoms with Crippen LogP contribution in [0, 0.1) is 3.70 Å². The lowest BCUT2D eigenvalue weighted by molar-refractivity contribution is 0.0681. The number of imidazole rings is 1. The number of nitrogens with zero attached hydrogens (tertiary/aromatic N) is 2. The molecule has 0 aliphatic heterocycles. The number of halogens is 1. The van der Waals surface area contributed by atoms with Gasteiger partial charge in [-0.25, -0.2) is 4.98 Å². The van der Waals surface area contributed by atoms with Gasteiger partial charge < -0.3 is 13.7 Å². The molecule has 0 saturated carbocycles. The van der Waals surface area contributed by atoms with Gasteiger partial charge in [0.2, 0.25) is 0 Å². The van der Waals surface area contributed by atoms with Gasteiger partial charge in [0.1, 0.15) is 16.1 Å². The molecule has 3 aromatic rings. The predicted molar refractivity (Wildman–Crippen MR) is 146 cm³/mol. The Kier molecular flexibility index (Phi) is 7.59. The molecule has 0 aliphatic carbocycles. The predicted octanol–water partition coefficient (Wildman–Crippen LogP) is 7.64. The average Bonchev–Trinajstić information content (AvgIpc) is 2.98. The molecule has 0 atom stereocenters. The Balaban J connectivity index is 2.12. The van der Waals surface area contributed by atoms with Gasteiger partial charge >= 0.3 is 0 Å². The van der Waals surface area contributed by atoms with E-state index < -0.39 is 8.32 Å². The van der Waals surface area contributed by atoms with E-state index in [9.17, 15) is 0 Å². The van der Waals surface area contributed by atoms with Gasteiger partial charge in [0.15, 0.2) is 8.32 Å². The highest BCUT2D eigenvalue weighted by Gasteiger charge is 2.42. The monoisotopic (exact) mass is 564 g/mol. The molecule has 0 radical (unpaired) electrons. The standard InChI is InChI=1S/C26H37IN2O2Si/c1-9-30-17-22-28-24(27)23(21-16-12-14-19-13-10-11-15-20(19)21)29(22)18-26(5,6)31-32(7,8)25(2,3)4/h10-16H,9,17-18H2,1-8H3. The molecule has 4 nitrogen and oxygen atoms in total. The topological polar surface area (TPSA) is 36.3 Å². The molecule has 6 heteroatoms. The van der Waals surface area contributed by atoms with Gasteiger partial charge in [0.05, 0.1) is 17.8 Å². The molecule has 32 heavy (non-hydrogen) atoms. The molecule has 0 spiro atoms. The Morgan fingerprint density at radius 2 is 1.66 bits per heavy atom. The molecule has 2 aromatic carbocycles. The normalized spacial score (nSPS) is 13.2. The van der Waals surface area contributed by atoms with E-state index in [1.807, 2.05) is 6.92 Å². The largest absolute Gasteiger partial charge is 0.410 e. The third-order valence-electron chi connectivity index (χ3n) is 6.36. The third kappa shape index (κ3) is 5.46. The Morgan fingerprint density at radius 3 is 2.31 bits per heavy atom. The highest BCUT2D eigenvalue weighted by atomic mass is 127. The fraction of sp³-hybridized carbons (Fsp3) is 0.500. The second-order valence-corrected chi connectivity index (χ2v) is 16.3. The van der Waals surface area contributed by atoms with Crippen molar-refractivity contribution in [1.82, 2.24) is 9.55 Å². The van der Waals surface area contributed by atoms with Crippen LogP contribution >= 0.6 is 22.6 Å². The molecule has 0 aliphatic rings. The summed E-state index contributed by atoms with van der Waals surface area (Å²) < 4.78 is 16.0. The van der Waals surface area contributed by atoms with Crippen LogP contribution in [0.15, 0.2) is 42.5 Å². The zero-order valence-electron chi connectivity index (χ0n) is 20.8. The number of hydrogen-bond acceptors (Lipinski definition) is 3. The number of fused-ring (bicyclic) bond motifs is 1. The molecule has 1 aromatic heterocycles. The fourth-order valence-electron chi connectivity index (χ4n) is 3.89. The fourth-order valence-corrected chi connectivity index (χ4v) is 6.50. The lowest BCUT2D eigenvalue weighted by Gasteiger charge is -2.43. The summed E-state index contributed by atoms with van der Waals surface area (Å²) in [5.41, 5.74) is 2.00. The highest BCUT2D eigenvalue weighted by molar-refractivity contribution is 14.1.